The van der Waals surface area contributed by atoms with E-state index >= 15 is 0 Å². The molecular weight excluding hydrogens is 328 g/mol. The summed E-state index contributed by atoms with van der Waals surface area (Å²) in [4.78, 5) is 14.2. The summed E-state index contributed by atoms with van der Waals surface area (Å²) in [6, 6.07) is 9.33. The van der Waals surface area contributed by atoms with Gasteiger partial charge in [-0.25, -0.2) is 4.68 Å². The van der Waals surface area contributed by atoms with Crippen molar-refractivity contribution in [3.05, 3.63) is 47.1 Å². The molecule has 1 fully saturated rings. The Labute approximate surface area is 146 Å². The number of likely N-dealkylation sites (tertiary alicyclic amines) is 1. The smallest absolute Gasteiger partial charge is 0.239 e. The van der Waals surface area contributed by atoms with Crippen molar-refractivity contribution in [2.75, 3.05) is 25.0 Å². The number of nitrogens with one attached hydrogen (secondary N) is 1. The van der Waals surface area contributed by atoms with E-state index in [1.807, 2.05) is 29.2 Å². The van der Waals surface area contributed by atoms with Crippen LogP contribution in [-0.2, 0) is 11.3 Å². The fourth-order valence-electron chi connectivity index (χ4n) is 2.91. The molecule has 2 heterocycles. The lowest BCUT2D eigenvalue weighted by atomic mass is 10.1. The van der Waals surface area contributed by atoms with Crippen molar-refractivity contribution in [1.29, 1.82) is 0 Å². The number of amides is 1. The SMILES string of the molecule is O=C(CN1CCCC(O)C1)Nc1ccnn1Cc1ccccc1Cl. The number of carbonyl (C=O) groups excluding carboxylic acids is 1. The molecule has 0 saturated carbocycles. The van der Waals surface area contributed by atoms with Crippen LogP contribution in [0.3, 0.4) is 0 Å². The van der Waals surface area contributed by atoms with E-state index in [1.165, 1.54) is 0 Å². The van der Waals surface area contributed by atoms with Gasteiger partial charge in [-0.2, -0.15) is 5.10 Å². The van der Waals surface area contributed by atoms with Crippen LogP contribution >= 0.6 is 11.6 Å². The van der Waals surface area contributed by atoms with Crippen LogP contribution < -0.4 is 5.32 Å². The summed E-state index contributed by atoms with van der Waals surface area (Å²) in [5.41, 5.74) is 0.942. The molecule has 0 bridgehead atoms. The van der Waals surface area contributed by atoms with Crippen LogP contribution in [0.15, 0.2) is 36.5 Å². The molecule has 7 heteroatoms. The Morgan fingerprint density at radius 1 is 1.38 bits per heavy atom. The van der Waals surface area contributed by atoms with E-state index in [1.54, 1.807) is 16.9 Å². The predicted octanol–water partition coefficient (Wildman–Crippen LogP) is 1.98. The third-order valence-electron chi connectivity index (χ3n) is 4.11. The Bertz CT molecular complexity index is 703. The maximum atomic E-state index is 12.3. The van der Waals surface area contributed by atoms with Gasteiger partial charge in [0.1, 0.15) is 5.82 Å². The number of anilines is 1. The lowest BCUT2D eigenvalue weighted by Gasteiger charge is -2.29. The lowest BCUT2D eigenvalue weighted by Crippen LogP contribution is -2.42. The molecule has 1 aliphatic rings. The number of aliphatic hydroxyl groups excluding tert-OH is 1. The highest BCUT2D eigenvalue weighted by molar-refractivity contribution is 6.31. The molecule has 128 valence electrons. The second-order valence-corrected chi connectivity index (χ2v) is 6.45. The van der Waals surface area contributed by atoms with E-state index in [0.29, 0.717) is 23.9 Å². The molecule has 1 aromatic carbocycles. The maximum absolute atomic E-state index is 12.3. The van der Waals surface area contributed by atoms with Crippen LogP contribution in [0.25, 0.3) is 0 Å². The molecule has 3 rings (SSSR count). The van der Waals surface area contributed by atoms with Crippen molar-refractivity contribution in [2.24, 2.45) is 0 Å². The molecule has 0 radical (unpaired) electrons. The molecule has 24 heavy (non-hydrogen) atoms. The minimum Gasteiger partial charge on any atom is -0.392 e. The standard InChI is InChI=1S/C17H21ClN4O2/c18-15-6-2-1-4-13(15)10-22-16(7-8-19-22)20-17(24)12-21-9-3-5-14(23)11-21/h1-2,4,6-8,14,23H,3,5,9-12H2,(H,20,24). The second-order valence-electron chi connectivity index (χ2n) is 6.04. The topological polar surface area (TPSA) is 70.4 Å². The van der Waals surface area contributed by atoms with E-state index in [2.05, 4.69) is 10.4 Å². The molecule has 1 unspecified atom stereocenters. The van der Waals surface area contributed by atoms with Crippen molar-refractivity contribution in [3.8, 4) is 0 Å². The van der Waals surface area contributed by atoms with Gasteiger partial charge in [-0.15, -0.1) is 0 Å². The molecule has 2 N–H and O–H groups in total. The molecule has 6 nitrogen and oxygen atoms in total. The van der Waals surface area contributed by atoms with Gasteiger partial charge >= 0.3 is 0 Å². The summed E-state index contributed by atoms with van der Waals surface area (Å²) in [7, 11) is 0. The van der Waals surface area contributed by atoms with E-state index in [4.69, 9.17) is 11.6 Å². The minimum atomic E-state index is -0.336. The molecule has 1 amide bonds. The highest BCUT2D eigenvalue weighted by Crippen LogP contribution is 2.18. The molecule has 0 aliphatic carbocycles. The number of aromatic nitrogens is 2. The molecule has 1 aliphatic heterocycles. The molecule has 2 aromatic rings. The zero-order valence-electron chi connectivity index (χ0n) is 13.4. The fraction of sp³-hybridized carbons (Fsp3) is 0.412. The molecule has 0 spiro atoms. The van der Waals surface area contributed by atoms with Gasteiger partial charge in [0, 0.05) is 17.6 Å². The highest BCUT2D eigenvalue weighted by Gasteiger charge is 2.20. The van der Waals surface area contributed by atoms with Crippen molar-refractivity contribution >= 4 is 23.3 Å². The zero-order chi connectivity index (χ0) is 16.9. The molecular formula is C17H21ClN4O2. The van der Waals surface area contributed by atoms with E-state index in [0.717, 1.165) is 24.9 Å². The number of carbonyl (C=O) groups is 1. The van der Waals surface area contributed by atoms with Crippen LogP contribution in [0.5, 0.6) is 0 Å². The Hall–Kier alpha value is -1.89. The van der Waals surface area contributed by atoms with Crippen molar-refractivity contribution in [2.45, 2.75) is 25.5 Å². The summed E-state index contributed by atoms with van der Waals surface area (Å²) >= 11 is 6.18. The van der Waals surface area contributed by atoms with Crippen LogP contribution in [0, 0.1) is 0 Å². The average molecular weight is 349 g/mol. The number of aliphatic hydroxyl groups is 1. The molecule has 1 aromatic heterocycles. The first kappa shape index (κ1) is 17.0. The summed E-state index contributed by atoms with van der Waals surface area (Å²) in [5, 5.41) is 17.5. The Morgan fingerprint density at radius 3 is 3.00 bits per heavy atom. The van der Waals surface area contributed by atoms with Gasteiger partial charge in [-0.1, -0.05) is 29.8 Å². The van der Waals surface area contributed by atoms with E-state index in [-0.39, 0.29) is 18.6 Å². The van der Waals surface area contributed by atoms with Crippen molar-refractivity contribution in [1.82, 2.24) is 14.7 Å². The zero-order valence-corrected chi connectivity index (χ0v) is 14.1. The van der Waals surface area contributed by atoms with Crippen LogP contribution in [-0.4, -0.2) is 51.4 Å². The summed E-state index contributed by atoms with van der Waals surface area (Å²) in [6.07, 6.45) is 3.04. The predicted molar refractivity (Wildman–Crippen MR) is 93.1 cm³/mol. The number of benzene rings is 1. The monoisotopic (exact) mass is 348 g/mol. The lowest BCUT2D eigenvalue weighted by molar-refractivity contribution is -0.118. The first-order chi connectivity index (χ1) is 11.6. The largest absolute Gasteiger partial charge is 0.392 e. The van der Waals surface area contributed by atoms with Crippen LogP contribution in [0.2, 0.25) is 5.02 Å². The quantitative estimate of drug-likeness (QED) is 0.866. The summed E-state index contributed by atoms with van der Waals surface area (Å²) < 4.78 is 1.71. The number of halogens is 1. The van der Waals surface area contributed by atoms with Gasteiger partial charge < -0.3 is 10.4 Å². The Morgan fingerprint density at radius 2 is 2.21 bits per heavy atom. The number of hydrogen-bond acceptors (Lipinski definition) is 4. The maximum Gasteiger partial charge on any atom is 0.239 e. The van der Waals surface area contributed by atoms with Crippen molar-refractivity contribution in [3.63, 3.8) is 0 Å². The molecule has 1 atom stereocenters. The van der Waals surface area contributed by atoms with Crippen LogP contribution in [0.4, 0.5) is 5.82 Å². The van der Waals surface area contributed by atoms with Gasteiger partial charge in [-0.3, -0.25) is 9.69 Å². The van der Waals surface area contributed by atoms with Gasteiger partial charge in [0.25, 0.3) is 0 Å². The van der Waals surface area contributed by atoms with Gasteiger partial charge in [0.15, 0.2) is 0 Å². The van der Waals surface area contributed by atoms with Gasteiger partial charge in [0.05, 0.1) is 25.4 Å². The molecule has 1 saturated heterocycles. The minimum absolute atomic E-state index is 0.106. The normalized spacial score (nSPS) is 18.5. The number of rotatable bonds is 5. The highest BCUT2D eigenvalue weighted by atomic mass is 35.5. The number of piperidine rings is 1. The average Bonchev–Trinajstić information content (AvgIpc) is 2.96. The van der Waals surface area contributed by atoms with E-state index in [9.17, 15) is 9.90 Å². The fourth-order valence-corrected chi connectivity index (χ4v) is 3.11. The number of hydrogen-bond donors (Lipinski definition) is 2. The Kier molecular flexibility index (Phi) is 5.50. The number of β-amino-alcohol motifs (C(OH)–C–C–N with tert-alkyl or cyclic N) is 1. The first-order valence-electron chi connectivity index (χ1n) is 8.07. The van der Waals surface area contributed by atoms with Gasteiger partial charge in [0.2, 0.25) is 5.91 Å². The second kappa shape index (κ2) is 7.79. The van der Waals surface area contributed by atoms with Crippen LogP contribution in [0.1, 0.15) is 18.4 Å². The van der Waals surface area contributed by atoms with E-state index < -0.39 is 0 Å². The first-order valence-corrected chi connectivity index (χ1v) is 8.45. The summed E-state index contributed by atoms with van der Waals surface area (Å²) in [6.45, 7) is 2.15. The van der Waals surface area contributed by atoms with Crippen molar-refractivity contribution < 1.29 is 9.90 Å². The summed E-state index contributed by atoms with van der Waals surface area (Å²) in [5.74, 6) is 0.530. The Balaban J connectivity index is 1.61. The third-order valence-corrected chi connectivity index (χ3v) is 4.48. The third kappa shape index (κ3) is 4.35. The van der Waals surface area contributed by atoms with Gasteiger partial charge in [-0.05, 0) is 31.0 Å². The number of nitrogens with zero attached hydrogens (tertiary/aromatic N) is 3.